The third-order valence-corrected chi connectivity index (χ3v) is 3.21. The highest BCUT2D eigenvalue weighted by Gasteiger charge is 2.34. The maximum Gasteiger partial charge on any atom is 0.309 e. The van der Waals surface area contributed by atoms with E-state index in [9.17, 15) is 4.79 Å². The van der Waals surface area contributed by atoms with Gasteiger partial charge in [0, 0.05) is 5.38 Å². The SMILES string of the molecule is C[C@@H]1C[C@@H](Cl)CC[C@H]1C(=O)OC(C)(C)C. The molecule has 0 N–H and O–H groups in total. The zero-order valence-corrected chi connectivity index (χ0v) is 10.8. The summed E-state index contributed by atoms with van der Waals surface area (Å²) in [5.41, 5.74) is -0.380. The van der Waals surface area contributed by atoms with Gasteiger partial charge >= 0.3 is 5.97 Å². The first kappa shape index (κ1) is 12.8. The molecular weight excluding hydrogens is 212 g/mol. The Morgan fingerprint density at radius 3 is 2.40 bits per heavy atom. The maximum atomic E-state index is 11.9. The number of carbonyl (C=O) groups is 1. The van der Waals surface area contributed by atoms with Crippen molar-refractivity contribution in [3.05, 3.63) is 0 Å². The third-order valence-electron chi connectivity index (χ3n) is 2.81. The van der Waals surface area contributed by atoms with Crippen molar-refractivity contribution < 1.29 is 9.53 Å². The van der Waals surface area contributed by atoms with E-state index in [1.807, 2.05) is 20.8 Å². The Balaban J connectivity index is 2.53. The summed E-state index contributed by atoms with van der Waals surface area (Å²) in [4.78, 5) is 11.9. The lowest BCUT2D eigenvalue weighted by Crippen LogP contribution is -2.35. The fourth-order valence-electron chi connectivity index (χ4n) is 2.06. The minimum atomic E-state index is -0.380. The summed E-state index contributed by atoms with van der Waals surface area (Å²) in [6, 6.07) is 0. The van der Waals surface area contributed by atoms with Crippen LogP contribution in [0.2, 0.25) is 0 Å². The van der Waals surface area contributed by atoms with Crippen LogP contribution in [-0.4, -0.2) is 16.9 Å². The lowest BCUT2D eigenvalue weighted by atomic mass is 9.80. The average Bonchev–Trinajstić information content (AvgIpc) is 1.99. The molecule has 0 aliphatic heterocycles. The molecule has 0 aromatic carbocycles. The minimum Gasteiger partial charge on any atom is -0.460 e. The zero-order valence-electron chi connectivity index (χ0n) is 10.0. The van der Waals surface area contributed by atoms with E-state index < -0.39 is 0 Å². The molecule has 0 unspecified atom stereocenters. The summed E-state index contributed by atoms with van der Waals surface area (Å²) >= 11 is 6.06. The molecule has 0 amide bonds. The highest BCUT2D eigenvalue weighted by atomic mass is 35.5. The molecule has 0 heterocycles. The maximum absolute atomic E-state index is 11.9. The Labute approximate surface area is 97.3 Å². The van der Waals surface area contributed by atoms with E-state index >= 15 is 0 Å². The predicted molar refractivity (Wildman–Crippen MR) is 62.0 cm³/mol. The molecule has 0 saturated heterocycles. The normalized spacial score (nSPS) is 32.5. The van der Waals surface area contributed by atoms with Crippen molar-refractivity contribution in [2.45, 2.75) is 57.9 Å². The standard InChI is InChI=1S/C12H21ClO2/c1-8-7-9(13)5-6-10(8)11(14)15-12(2,3)4/h8-10H,5-7H2,1-4H3/t8-,9+,10-/m1/s1. The van der Waals surface area contributed by atoms with Gasteiger partial charge in [0.25, 0.3) is 0 Å². The van der Waals surface area contributed by atoms with Crippen LogP contribution in [0.4, 0.5) is 0 Å². The number of hydrogen-bond donors (Lipinski definition) is 0. The van der Waals surface area contributed by atoms with Gasteiger partial charge in [-0.25, -0.2) is 0 Å². The Morgan fingerprint density at radius 2 is 1.93 bits per heavy atom. The molecule has 1 rings (SSSR count). The van der Waals surface area contributed by atoms with Crippen LogP contribution in [0.1, 0.15) is 47.0 Å². The molecule has 1 aliphatic rings. The Hall–Kier alpha value is -0.240. The van der Waals surface area contributed by atoms with Gasteiger partial charge in [-0.05, 0) is 46.0 Å². The fourth-order valence-corrected chi connectivity index (χ4v) is 2.47. The van der Waals surface area contributed by atoms with Crippen LogP contribution in [0.3, 0.4) is 0 Å². The molecule has 0 aromatic rings. The number of alkyl halides is 1. The number of rotatable bonds is 1. The van der Waals surface area contributed by atoms with Crippen molar-refractivity contribution in [2.75, 3.05) is 0 Å². The molecule has 0 bridgehead atoms. The highest BCUT2D eigenvalue weighted by molar-refractivity contribution is 6.20. The van der Waals surface area contributed by atoms with E-state index in [0.29, 0.717) is 5.92 Å². The van der Waals surface area contributed by atoms with Gasteiger partial charge in [-0.1, -0.05) is 6.92 Å². The molecule has 15 heavy (non-hydrogen) atoms. The Kier molecular flexibility index (Phi) is 4.05. The molecule has 0 aromatic heterocycles. The number of ether oxygens (including phenoxy) is 1. The van der Waals surface area contributed by atoms with E-state index in [1.54, 1.807) is 0 Å². The molecule has 1 saturated carbocycles. The molecule has 0 radical (unpaired) electrons. The quantitative estimate of drug-likeness (QED) is 0.512. The van der Waals surface area contributed by atoms with Gasteiger partial charge in [0.2, 0.25) is 0 Å². The third kappa shape index (κ3) is 4.02. The molecule has 3 atom stereocenters. The second-order valence-electron chi connectivity index (χ2n) is 5.53. The van der Waals surface area contributed by atoms with Gasteiger partial charge in [0.15, 0.2) is 0 Å². The van der Waals surface area contributed by atoms with Gasteiger partial charge in [0.1, 0.15) is 5.60 Å². The van der Waals surface area contributed by atoms with Crippen LogP contribution < -0.4 is 0 Å². The van der Waals surface area contributed by atoms with E-state index in [-0.39, 0.29) is 22.9 Å². The average molecular weight is 233 g/mol. The largest absolute Gasteiger partial charge is 0.460 e. The van der Waals surface area contributed by atoms with Crippen molar-refractivity contribution in [2.24, 2.45) is 11.8 Å². The van der Waals surface area contributed by atoms with Crippen molar-refractivity contribution in [3.8, 4) is 0 Å². The van der Waals surface area contributed by atoms with Crippen LogP contribution >= 0.6 is 11.6 Å². The monoisotopic (exact) mass is 232 g/mol. The highest BCUT2D eigenvalue weighted by Crippen LogP contribution is 2.34. The van der Waals surface area contributed by atoms with Crippen LogP contribution in [-0.2, 0) is 9.53 Å². The summed E-state index contributed by atoms with van der Waals surface area (Å²) in [7, 11) is 0. The number of esters is 1. The van der Waals surface area contributed by atoms with Crippen LogP contribution in [0.25, 0.3) is 0 Å². The summed E-state index contributed by atoms with van der Waals surface area (Å²) in [6.45, 7) is 7.80. The smallest absolute Gasteiger partial charge is 0.309 e. The van der Waals surface area contributed by atoms with Gasteiger partial charge < -0.3 is 4.74 Å². The lowest BCUT2D eigenvalue weighted by Gasteiger charge is -2.32. The van der Waals surface area contributed by atoms with Crippen molar-refractivity contribution >= 4 is 17.6 Å². The molecule has 0 spiro atoms. The summed E-state index contributed by atoms with van der Waals surface area (Å²) in [5, 5.41) is 0.235. The van der Waals surface area contributed by atoms with E-state index in [2.05, 4.69) is 6.92 Å². The van der Waals surface area contributed by atoms with Gasteiger partial charge in [-0.2, -0.15) is 0 Å². The number of halogens is 1. The molecule has 1 aliphatic carbocycles. The van der Waals surface area contributed by atoms with Crippen LogP contribution in [0.5, 0.6) is 0 Å². The number of hydrogen-bond acceptors (Lipinski definition) is 2. The molecule has 2 nitrogen and oxygen atoms in total. The lowest BCUT2D eigenvalue weighted by molar-refractivity contribution is -0.162. The van der Waals surface area contributed by atoms with Gasteiger partial charge in [-0.3, -0.25) is 4.79 Å². The van der Waals surface area contributed by atoms with Gasteiger partial charge in [-0.15, -0.1) is 11.6 Å². The molecule has 1 fully saturated rings. The second kappa shape index (κ2) is 4.73. The molecular formula is C12H21ClO2. The number of carbonyl (C=O) groups excluding carboxylic acids is 1. The van der Waals surface area contributed by atoms with Crippen molar-refractivity contribution in [1.29, 1.82) is 0 Å². The first-order valence-corrected chi connectivity index (χ1v) is 6.10. The van der Waals surface area contributed by atoms with Crippen LogP contribution in [0.15, 0.2) is 0 Å². The first-order valence-electron chi connectivity index (χ1n) is 5.66. The summed E-state index contributed by atoms with van der Waals surface area (Å²) in [6.07, 6.45) is 2.71. The van der Waals surface area contributed by atoms with E-state index in [4.69, 9.17) is 16.3 Å². The van der Waals surface area contributed by atoms with Gasteiger partial charge in [0.05, 0.1) is 5.92 Å². The zero-order chi connectivity index (χ0) is 11.6. The van der Waals surface area contributed by atoms with E-state index in [0.717, 1.165) is 19.3 Å². The van der Waals surface area contributed by atoms with E-state index in [1.165, 1.54) is 0 Å². The predicted octanol–water partition coefficient (Wildman–Crippen LogP) is 3.37. The Morgan fingerprint density at radius 1 is 1.33 bits per heavy atom. The Bertz CT molecular complexity index is 232. The topological polar surface area (TPSA) is 26.3 Å². The van der Waals surface area contributed by atoms with Crippen molar-refractivity contribution in [1.82, 2.24) is 0 Å². The second-order valence-corrected chi connectivity index (χ2v) is 6.14. The minimum absolute atomic E-state index is 0.0409. The molecule has 88 valence electrons. The fraction of sp³-hybridized carbons (Fsp3) is 0.917. The van der Waals surface area contributed by atoms with Crippen molar-refractivity contribution in [3.63, 3.8) is 0 Å². The summed E-state index contributed by atoms with van der Waals surface area (Å²) in [5.74, 6) is 0.328. The summed E-state index contributed by atoms with van der Waals surface area (Å²) < 4.78 is 5.40. The van der Waals surface area contributed by atoms with Crippen LogP contribution in [0, 0.1) is 11.8 Å². The first-order chi connectivity index (χ1) is 6.79. The molecule has 3 heteroatoms.